The molecule has 1 nitrogen and oxygen atoms in total. The predicted octanol–water partition coefficient (Wildman–Crippen LogP) is 3.26. The van der Waals surface area contributed by atoms with Gasteiger partial charge in [-0.3, -0.25) is 0 Å². The van der Waals surface area contributed by atoms with Gasteiger partial charge in [0.25, 0.3) is 0 Å². The summed E-state index contributed by atoms with van der Waals surface area (Å²) in [5, 5.41) is 4.25. The molecule has 1 N–H and O–H groups in total. The van der Waals surface area contributed by atoms with Gasteiger partial charge in [-0.05, 0) is 37.9 Å². The van der Waals surface area contributed by atoms with E-state index >= 15 is 0 Å². The van der Waals surface area contributed by atoms with Crippen molar-refractivity contribution in [3.8, 4) is 0 Å². The molecule has 0 aliphatic carbocycles. The maximum Gasteiger partial charge on any atom is 0.0260 e. The summed E-state index contributed by atoms with van der Waals surface area (Å²) in [6, 6.07) is 8.76. The van der Waals surface area contributed by atoms with Crippen LogP contribution in [-0.2, 0) is 6.42 Å². The lowest BCUT2D eigenvalue weighted by Gasteiger charge is -2.08. The highest BCUT2D eigenvalue weighted by molar-refractivity contribution is 8.00. The molecule has 0 saturated heterocycles. The first-order valence-electron chi connectivity index (χ1n) is 5.96. The van der Waals surface area contributed by atoms with E-state index in [4.69, 9.17) is 0 Å². The highest BCUT2D eigenvalue weighted by Crippen LogP contribution is 2.36. The van der Waals surface area contributed by atoms with Gasteiger partial charge >= 0.3 is 0 Å². The van der Waals surface area contributed by atoms with Gasteiger partial charge in [-0.15, -0.1) is 11.8 Å². The third-order valence-corrected chi connectivity index (χ3v) is 4.13. The minimum Gasteiger partial charge on any atom is -0.315 e. The zero-order valence-electron chi connectivity index (χ0n) is 9.78. The Morgan fingerprint density at radius 1 is 1.44 bits per heavy atom. The molecule has 1 aromatic carbocycles. The first-order valence-corrected chi connectivity index (χ1v) is 6.84. The van der Waals surface area contributed by atoms with E-state index in [9.17, 15) is 0 Å². The second-order valence-corrected chi connectivity index (χ2v) is 5.46. The van der Waals surface area contributed by atoms with E-state index in [2.05, 4.69) is 48.7 Å². The van der Waals surface area contributed by atoms with Gasteiger partial charge in [0, 0.05) is 16.7 Å². The third-order valence-electron chi connectivity index (χ3n) is 2.81. The summed E-state index contributed by atoms with van der Waals surface area (Å²) in [6.45, 7) is 4.29. The van der Waals surface area contributed by atoms with Crippen LogP contribution in [0.15, 0.2) is 41.3 Å². The molecule has 1 aromatic rings. The fourth-order valence-electron chi connectivity index (χ4n) is 1.98. The van der Waals surface area contributed by atoms with Crippen molar-refractivity contribution in [3.05, 3.63) is 42.0 Å². The van der Waals surface area contributed by atoms with Gasteiger partial charge in [0.05, 0.1) is 0 Å². The van der Waals surface area contributed by atoms with Crippen LogP contribution in [0.3, 0.4) is 0 Å². The summed E-state index contributed by atoms with van der Waals surface area (Å²) < 4.78 is 0. The van der Waals surface area contributed by atoms with Gasteiger partial charge in [-0.25, -0.2) is 0 Å². The fourth-order valence-corrected chi connectivity index (χ4v) is 3.27. The number of allylic oxidation sites excluding steroid dienone is 1. The summed E-state index contributed by atoms with van der Waals surface area (Å²) in [6.07, 6.45) is 6.68. The van der Waals surface area contributed by atoms with E-state index < -0.39 is 0 Å². The van der Waals surface area contributed by atoms with Gasteiger partial charge in [0.2, 0.25) is 0 Å². The van der Waals surface area contributed by atoms with Crippen molar-refractivity contribution in [3.63, 3.8) is 0 Å². The molecule has 0 bridgehead atoms. The van der Waals surface area contributed by atoms with E-state index in [-0.39, 0.29) is 0 Å². The standard InChI is InChI=1S/C14H19NS/c1-2-3-6-9-15-11-13-10-12-7-4-5-8-14(12)16-13/h2-5,7-8,13,15H,6,9-11H2,1H3/b3-2+. The lowest BCUT2D eigenvalue weighted by Crippen LogP contribution is -2.25. The molecule has 1 unspecified atom stereocenters. The second-order valence-electron chi connectivity index (χ2n) is 4.11. The van der Waals surface area contributed by atoms with Gasteiger partial charge in [-0.2, -0.15) is 0 Å². The summed E-state index contributed by atoms with van der Waals surface area (Å²) in [4.78, 5) is 1.47. The first kappa shape index (κ1) is 11.7. The van der Waals surface area contributed by atoms with Crippen molar-refractivity contribution in [2.75, 3.05) is 13.1 Å². The molecule has 1 aliphatic rings. The molecular weight excluding hydrogens is 214 g/mol. The van der Waals surface area contributed by atoms with Crippen molar-refractivity contribution >= 4 is 11.8 Å². The van der Waals surface area contributed by atoms with Gasteiger partial charge < -0.3 is 5.32 Å². The number of thioether (sulfide) groups is 1. The average molecular weight is 233 g/mol. The Labute approximate surface area is 102 Å². The summed E-state index contributed by atoms with van der Waals surface area (Å²) in [5.74, 6) is 0. The summed E-state index contributed by atoms with van der Waals surface area (Å²) in [5.41, 5.74) is 1.52. The largest absolute Gasteiger partial charge is 0.315 e. The van der Waals surface area contributed by atoms with Crippen LogP contribution >= 0.6 is 11.8 Å². The molecule has 0 aromatic heterocycles. The van der Waals surface area contributed by atoms with Crippen molar-refractivity contribution in [2.45, 2.75) is 29.9 Å². The molecular formula is C14H19NS. The Morgan fingerprint density at radius 3 is 3.12 bits per heavy atom. The molecule has 1 heterocycles. The minimum atomic E-state index is 0.725. The molecule has 0 fully saturated rings. The Balaban J connectivity index is 1.71. The number of hydrogen-bond acceptors (Lipinski definition) is 2. The van der Waals surface area contributed by atoms with E-state index in [1.54, 1.807) is 0 Å². The maximum atomic E-state index is 3.52. The van der Waals surface area contributed by atoms with Crippen LogP contribution in [-0.4, -0.2) is 18.3 Å². The highest BCUT2D eigenvalue weighted by atomic mass is 32.2. The number of hydrogen-bond donors (Lipinski definition) is 1. The molecule has 16 heavy (non-hydrogen) atoms. The van der Waals surface area contributed by atoms with E-state index in [0.717, 1.165) is 24.8 Å². The number of rotatable bonds is 5. The van der Waals surface area contributed by atoms with Crippen molar-refractivity contribution < 1.29 is 0 Å². The van der Waals surface area contributed by atoms with Crippen molar-refractivity contribution in [2.24, 2.45) is 0 Å². The molecule has 0 radical (unpaired) electrons. The van der Waals surface area contributed by atoms with Crippen LogP contribution in [0, 0.1) is 0 Å². The van der Waals surface area contributed by atoms with Crippen LogP contribution in [0.1, 0.15) is 18.9 Å². The second kappa shape index (κ2) is 6.12. The van der Waals surface area contributed by atoms with Crippen molar-refractivity contribution in [1.29, 1.82) is 0 Å². The fraction of sp³-hybridized carbons (Fsp3) is 0.429. The van der Waals surface area contributed by atoms with Crippen LogP contribution in [0.25, 0.3) is 0 Å². The molecule has 0 saturated carbocycles. The smallest absolute Gasteiger partial charge is 0.0260 e. The van der Waals surface area contributed by atoms with Gasteiger partial charge in [0.1, 0.15) is 0 Å². The maximum absolute atomic E-state index is 3.52. The van der Waals surface area contributed by atoms with Crippen LogP contribution < -0.4 is 5.32 Å². The SMILES string of the molecule is C/C=C/CCNCC1Cc2ccccc2S1. The van der Waals surface area contributed by atoms with Crippen LogP contribution in [0.5, 0.6) is 0 Å². The molecule has 1 aliphatic heterocycles. The predicted molar refractivity (Wildman–Crippen MR) is 72.1 cm³/mol. The Kier molecular flexibility index (Phi) is 4.49. The third kappa shape index (κ3) is 3.13. The average Bonchev–Trinajstić information content (AvgIpc) is 2.71. The molecule has 0 amide bonds. The highest BCUT2D eigenvalue weighted by Gasteiger charge is 2.20. The van der Waals surface area contributed by atoms with E-state index in [0.29, 0.717) is 0 Å². The Bertz CT molecular complexity index is 335. The summed E-state index contributed by atoms with van der Waals surface area (Å²) >= 11 is 2.02. The van der Waals surface area contributed by atoms with Gasteiger partial charge in [-0.1, -0.05) is 30.4 Å². The topological polar surface area (TPSA) is 12.0 Å². The van der Waals surface area contributed by atoms with Gasteiger partial charge in [0.15, 0.2) is 0 Å². The monoisotopic (exact) mass is 233 g/mol. The van der Waals surface area contributed by atoms with Crippen LogP contribution in [0.2, 0.25) is 0 Å². The summed E-state index contributed by atoms with van der Waals surface area (Å²) in [7, 11) is 0. The normalized spacial score (nSPS) is 19.2. The molecule has 86 valence electrons. The molecule has 2 rings (SSSR count). The first-order chi connectivity index (χ1) is 7.90. The molecule has 1 atom stereocenters. The van der Waals surface area contributed by atoms with E-state index in [1.807, 2.05) is 11.8 Å². The number of nitrogens with one attached hydrogen (secondary N) is 1. The molecule has 2 heteroatoms. The zero-order valence-corrected chi connectivity index (χ0v) is 10.6. The number of fused-ring (bicyclic) bond motifs is 1. The van der Waals surface area contributed by atoms with Crippen LogP contribution in [0.4, 0.5) is 0 Å². The van der Waals surface area contributed by atoms with Crippen molar-refractivity contribution in [1.82, 2.24) is 5.32 Å². The quantitative estimate of drug-likeness (QED) is 0.619. The minimum absolute atomic E-state index is 0.725. The van der Waals surface area contributed by atoms with E-state index in [1.165, 1.54) is 16.9 Å². The number of benzene rings is 1. The lowest BCUT2D eigenvalue weighted by atomic mass is 10.1. The molecule has 0 spiro atoms. The Hall–Kier alpha value is -0.730. The lowest BCUT2D eigenvalue weighted by molar-refractivity contribution is 0.668. The zero-order chi connectivity index (χ0) is 11.2. The Morgan fingerprint density at radius 2 is 2.31 bits per heavy atom.